The SMILES string of the molecule is Cc1cc(C)nc(-c2cc(-c3cc(-c4ccccc4)nc(-c4ccccc4)c3)cc(-c3ccc4ccccc4c3)c2)n1. The van der Waals surface area contributed by atoms with Crippen LogP contribution in [0.25, 0.3) is 66.9 Å². The minimum Gasteiger partial charge on any atom is -0.248 e. The number of hydrogen-bond acceptors (Lipinski definition) is 3. The van der Waals surface area contributed by atoms with Gasteiger partial charge in [0.15, 0.2) is 5.82 Å². The van der Waals surface area contributed by atoms with E-state index < -0.39 is 0 Å². The van der Waals surface area contributed by atoms with Crippen molar-refractivity contribution in [2.75, 3.05) is 0 Å². The summed E-state index contributed by atoms with van der Waals surface area (Å²) in [6, 6.07) is 49.0. The summed E-state index contributed by atoms with van der Waals surface area (Å²) in [5.74, 6) is 0.733. The molecule has 0 aliphatic heterocycles. The first-order chi connectivity index (χ1) is 20.6. The van der Waals surface area contributed by atoms with Crippen molar-refractivity contribution in [2.45, 2.75) is 13.8 Å². The lowest BCUT2D eigenvalue weighted by atomic mass is 9.93. The molecule has 0 aliphatic rings. The van der Waals surface area contributed by atoms with Crippen LogP contribution in [0.1, 0.15) is 11.4 Å². The van der Waals surface area contributed by atoms with Gasteiger partial charge < -0.3 is 0 Å². The predicted molar refractivity (Wildman–Crippen MR) is 174 cm³/mol. The monoisotopic (exact) mass is 539 g/mol. The molecule has 42 heavy (non-hydrogen) atoms. The molecule has 0 aliphatic carbocycles. The molecule has 7 rings (SSSR count). The number of benzene rings is 5. The Labute approximate surface area is 246 Å². The molecule has 0 unspecified atom stereocenters. The molecule has 0 atom stereocenters. The molecule has 2 heterocycles. The zero-order valence-corrected chi connectivity index (χ0v) is 23.6. The van der Waals surface area contributed by atoms with Crippen molar-refractivity contribution in [3.63, 3.8) is 0 Å². The van der Waals surface area contributed by atoms with Gasteiger partial charge in [-0.1, -0.05) is 97.1 Å². The van der Waals surface area contributed by atoms with E-state index in [9.17, 15) is 0 Å². The molecule has 0 N–H and O–H groups in total. The second-order valence-corrected chi connectivity index (χ2v) is 10.7. The fraction of sp³-hybridized carbons (Fsp3) is 0.0513. The third kappa shape index (κ3) is 5.21. The molecule has 5 aromatic carbocycles. The third-order valence-corrected chi connectivity index (χ3v) is 7.55. The van der Waals surface area contributed by atoms with Crippen LogP contribution in [0.3, 0.4) is 0 Å². The first-order valence-corrected chi connectivity index (χ1v) is 14.2. The van der Waals surface area contributed by atoms with Crippen molar-refractivity contribution >= 4 is 10.8 Å². The molecule has 0 saturated carbocycles. The van der Waals surface area contributed by atoms with Gasteiger partial charge in [0.05, 0.1) is 11.4 Å². The quantitative estimate of drug-likeness (QED) is 0.218. The number of nitrogens with zero attached hydrogens (tertiary/aromatic N) is 3. The first kappa shape index (κ1) is 25.6. The molecule has 0 spiro atoms. The van der Waals surface area contributed by atoms with Crippen LogP contribution in [0.2, 0.25) is 0 Å². The third-order valence-electron chi connectivity index (χ3n) is 7.55. The van der Waals surface area contributed by atoms with Crippen LogP contribution in [0.15, 0.2) is 140 Å². The normalized spacial score (nSPS) is 11.1. The van der Waals surface area contributed by atoms with Gasteiger partial charge in [-0.25, -0.2) is 15.0 Å². The van der Waals surface area contributed by atoms with Crippen LogP contribution in [-0.2, 0) is 0 Å². The van der Waals surface area contributed by atoms with Gasteiger partial charge in [-0.15, -0.1) is 0 Å². The highest BCUT2D eigenvalue weighted by Crippen LogP contribution is 2.36. The Morgan fingerprint density at radius 2 is 0.833 bits per heavy atom. The van der Waals surface area contributed by atoms with Crippen molar-refractivity contribution in [2.24, 2.45) is 0 Å². The van der Waals surface area contributed by atoms with Crippen LogP contribution < -0.4 is 0 Å². The van der Waals surface area contributed by atoms with Crippen LogP contribution in [0.5, 0.6) is 0 Å². The molecule has 0 radical (unpaired) electrons. The fourth-order valence-corrected chi connectivity index (χ4v) is 5.52. The Hall–Kier alpha value is -5.41. The van der Waals surface area contributed by atoms with E-state index in [-0.39, 0.29) is 0 Å². The molecule has 0 fully saturated rings. The summed E-state index contributed by atoms with van der Waals surface area (Å²) in [5.41, 5.74) is 11.4. The van der Waals surface area contributed by atoms with Crippen molar-refractivity contribution < 1.29 is 0 Å². The maximum absolute atomic E-state index is 5.09. The van der Waals surface area contributed by atoms with Crippen LogP contribution in [-0.4, -0.2) is 15.0 Å². The summed E-state index contributed by atoms with van der Waals surface area (Å²) in [5, 5.41) is 2.44. The minimum atomic E-state index is 0.733. The van der Waals surface area contributed by atoms with Crippen molar-refractivity contribution in [3.05, 3.63) is 151 Å². The molecule has 3 nitrogen and oxygen atoms in total. The van der Waals surface area contributed by atoms with E-state index in [0.717, 1.165) is 67.5 Å². The van der Waals surface area contributed by atoms with Crippen LogP contribution >= 0.6 is 0 Å². The maximum atomic E-state index is 5.09. The van der Waals surface area contributed by atoms with E-state index in [1.165, 1.54) is 10.8 Å². The van der Waals surface area contributed by atoms with E-state index in [2.05, 4.69) is 121 Å². The van der Waals surface area contributed by atoms with Gasteiger partial charge in [0, 0.05) is 28.1 Å². The van der Waals surface area contributed by atoms with Gasteiger partial charge in [-0.3, -0.25) is 0 Å². The highest BCUT2D eigenvalue weighted by molar-refractivity contribution is 5.89. The topological polar surface area (TPSA) is 38.7 Å². The minimum absolute atomic E-state index is 0.733. The van der Waals surface area contributed by atoms with Gasteiger partial charge in [-0.2, -0.15) is 0 Å². The standard InChI is InChI=1S/C39H29N3/c1-26-19-27(2)41-39(40-26)36-22-33(32-18-17-28-11-9-10-16-31(28)20-32)21-34(23-36)35-24-37(29-12-5-3-6-13-29)42-38(25-35)30-14-7-4-8-15-30/h3-25H,1-2H3. The van der Waals surface area contributed by atoms with Crippen molar-refractivity contribution in [1.29, 1.82) is 0 Å². The Morgan fingerprint density at radius 1 is 0.333 bits per heavy atom. The summed E-state index contributed by atoms with van der Waals surface area (Å²) in [7, 11) is 0. The van der Waals surface area contributed by atoms with Crippen molar-refractivity contribution in [3.8, 4) is 56.2 Å². The number of pyridine rings is 1. The average Bonchev–Trinajstić information content (AvgIpc) is 3.04. The second kappa shape index (κ2) is 10.9. The van der Waals surface area contributed by atoms with E-state index in [1.807, 2.05) is 32.0 Å². The summed E-state index contributed by atoms with van der Waals surface area (Å²) in [6.07, 6.45) is 0. The molecule has 0 bridgehead atoms. The number of aryl methyl sites for hydroxylation is 2. The zero-order valence-electron chi connectivity index (χ0n) is 23.6. The van der Waals surface area contributed by atoms with Gasteiger partial charge in [0.25, 0.3) is 0 Å². The van der Waals surface area contributed by atoms with Gasteiger partial charge in [-0.05, 0) is 89.3 Å². The van der Waals surface area contributed by atoms with E-state index in [0.29, 0.717) is 0 Å². The van der Waals surface area contributed by atoms with E-state index in [1.54, 1.807) is 0 Å². The molecular weight excluding hydrogens is 510 g/mol. The number of aromatic nitrogens is 3. The Morgan fingerprint density at radius 3 is 1.45 bits per heavy atom. The lowest BCUT2D eigenvalue weighted by molar-refractivity contribution is 1.06. The highest BCUT2D eigenvalue weighted by Gasteiger charge is 2.14. The van der Waals surface area contributed by atoms with Crippen LogP contribution in [0.4, 0.5) is 0 Å². The molecule has 0 saturated heterocycles. The summed E-state index contributed by atoms with van der Waals surface area (Å²) >= 11 is 0. The Balaban J connectivity index is 1.47. The largest absolute Gasteiger partial charge is 0.248 e. The molecule has 3 heteroatoms. The Kier molecular flexibility index (Phi) is 6.61. The highest BCUT2D eigenvalue weighted by atomic mass is 14.9. The van der Waals surface area contributed by atoms with Gasteiger partial charge in [0.2, 0.25) is 0 Å². The molecule has 0 amide bonds. The summed E-state index contributed by atoms with van der Waals surface area (Å²) in [6.45, 7) is 4.04. The van der Waals surface area contributed by atoms with Crippen molar-refractivity contribution in [1.82, 2.24) is 15.0 Å². The lowest BCUT2D eigenvalue weighted by Crippen LogP contribution is -1.96. The molecule has 200 valence electrons. The predicted octanol–water partition coefficient (Wildman–Crippen LogP) is 9.98. The molecule has 2 aromatic heterocycles. The molecule has 7 aromatic rings. The molecular formula is C39H29N3. The van der Waals surface area contributed by atoms with Crippen LogP contribution in [0, 0.1) is 13.8 Å². The summed E-state index contributed by atoms with van der Waals surface area (Å²) in [4.78, 5) is 14.8. The fourth-order valence-electron chi connectivity index (χ4n) is 5.52. The lowest BCUT2D eigenvalue weighted by Gasteiger charge is -2.14. The van der Waals surface area contributed by atoms with Gasteiger partial charge in [0.1, 0.15) is 0 Å². The average molecular weight is 540 g/mol. The summed E-state index contributed by atoms with van der Waals surface area (Å²) < 4.78 is 0. The van der Waals surface area contributed by atoms with E-state index >= 15 is 0 Å². The number of fused-ring (bicyclic) bond motifs is 1. The maximum Gasteiger partial charge on any atom is 0.159 e. The Bertz CT molecular complexity index is 1970. The van der Waals surface area contributed by atoms with Gasteiger partial charge >= 0.3 is 0 Å². The zero-order chi connectivity index (χ0) is 28.5. The number of rotatable bonds is 5. The van der Waals surface area contributed by atoms with E-state index in [4.69, 9.17) is 15.0 Å². The second-order valence-electron chi connectivity index (χ2n) is 10.7. The smallest absolute Gasteiger partial charge is 0.159 e. The number of hydrogen-bond donors (Lipinski definition) is 0. The first-order valence-electron chi connectivity index (χ1n) is 14.2.